The van der Waals surface area contributed by atoms with Gasteiger partial charge in [0, 0.05) is 24.0 Å². The number of fused-ring (bicyclic) bond motifs is 1. The lowest BCUT2D eigenvalue weighted by Crippen LogP contribution is -2.67. The quantitative estimate of drug-likeness (QED) is 0.826. The molecule has 0 bridgehead atoms. The molecule has 1 aromatic rings. The number of halogens is 2. The topological polar surface area (TPSA) is 34.2 Å². The zero-order valence-corrected chi connectivity index (χ0v) is 13.6. The maximum Gasteiger partial charge on any atom is 0.154 e. The maximum atomic E-state index is 6.24. The highest BCUT2D eigenvalue weighted by molar-refractivity contribution is 6.34. The lowest BCUT2D eigenvalue weighted by atomic mass is 9.55. The summed E-state index contributed by atoms with van der Waals surface area (Å²) in [4.78, 5) is 4.13. The minimum absolute atomic E-state index is 0.112. The van der Waals surface area contributed by atoms with Gasteiger partial charge in [0.1, 0.15) is 5.15 Å². The second kappa shape index (κ2) is 5.04. The summed E-state index contributed by atoms with van der Waals surface area (Å²) in [5, 5.41) is 4.48. The molecule has 1 aliphatic carbocycles. The van der Waals surface area contributed by atoms with Crippen LogP contribution in [0.3, 0.4) is 0 Å². The van der Waals surface area contributed by atoms with Crippen molar-refractivity contribution in [3.8, 4) is 0 Å². The Labute approximate surface area is 130 Å². The van der Waals surface area contributed by atoms with Crippen molar-refractivity contribution in [1.29, 1.82) is 0 Å². The molecule has 1 saturated carbocycles. The van der Waals surface area contributed by atoms with Crippen LogP contribution in [0.5, 0.6) is 0 Å². The summed E-state index contributed by atoms with van der Waals surface area (Å²) in [6.45, 7) is 7.40. The minimum Gasteiger partial charge on any atom is -0.379 e. The molecular weight excluding hydrogens is 295 g/mol. The van der Waals surface area contributed by atoms with Gasteiger partial charge in [-0.05, 0) is 31.4 Å². The van der Waals surface area contributed by atoms with Crippen molar-refractivity contribution in [2.24, 2.45) is 11.3 Å². The van der Waals surface area contributed by atoms with Crippen molar-refractivity contribution in [3.63, 3.8) is 0 Å². The monoisotopic (exact) mass is 314 g/mol. The highest BCUT2D eigenvalue weighted by Gasteiger charge is 2.58. The smallest absolute Gasteiger partial charge is 0.154 e. The highest BCUT2D eigenvalue weighted by atomic mass is 35.5. The summed E-state index contributed by atoms with van der Waals surface area (Å²) in [5.41, 5.74) is 2.05. The predicted octanol–water partition coefficient (Wildman–Crippen LogP) is 4.31. The number of nitrogens with one attached hydrogen (secondary N) is 1. The van der Waals surface area contributed by atoms with E-state index >= 15 is 0 Å². The molecule has 0 aromatic carbocycles. The Bertz CT molecular complexity index is 510. The Hall–Kier alpha value is -0.510. The first-order valence-electron chi connectivity index (χ1n) is 7.12. The van der Waals surface area contributed by atoms with E-state index < -0.39 is 0 Å². The number of rotatable bonds is 2. The third-order valence-electron chi connectivity index (χ3n) is 4.77. The third-order valence-corrected chi connectivity index (χ3v) is 5.24. The van der Waals surface area contributed by atoms with Crippen LogP contribution >= 0.6 is 23.2 Å². The second-order valence-corrected chi connectivity index (χ2v) is 7.21. The van der Waals surface area contributed by atoms with Gasteiger partial charge in [-0.2, -0.15) is 0 Å². The Balaban J connectivity index is 1.85. The van der Waals surface area contributed by atoms with Crippen molar-refractivity contribution in [2.45, 2.75) is 45.8 Å². The molecule has 0 amide bonds. The standard InChI is InChI=1S/C15H20Cl2N2O/c1-8-7-10(16)18-14(17)11(8)19-12-9-5-4-6-20-13(9)15(12,2)3/h7,9,12-13,19H,4-6H2,1-3H3. The molecule has 5 heteroatoms. The van der Waals surface area contributed by atoms with E-state index in [-0.39, 0.29) is 5.41 Å². The summed E-state index contributed by atoms with van der Waals surface area (Å²) < 4.78 is 5.93. The first-order valence-corrected chi connectivity index (χ1v) is 7.87. The van der Waals surface area contributed by atoms with Crippen LogP contribution in [0.1, 0.15) is 32.3 Å². The van der Waals surface area contributed by atoms with Gasteiger partial charge in [-0.3, -0.25) is 0 Å². The summed E-state index contributed by atoms with van der Waals surface area (Å²) in [5.74, 6) is 0.560. The fourth-order valence-corrected chi connectivity index (χ4v) is 4.33. The molecule has 2 heterocycles. The molecule has 3 unspecified atom stereocenters. The van der Waals surface area contributed by atoms with Crippen molar-refractivity contribution < 1.29 is 4.74 Å². The molecule has 3 rings (SSSR count). The number of hydrogen-bond acceptors (Lipinski definition) is 3. The SMILES string of the molecule is Cc1cc(Cl)nc(Cl)c1NC1C2CCCOC2C1(C)C. The van der Waals surface area contributed by atoms with Gasteiger partial charge >= 0.3 is 0 Å². The zero-order valence-electron chi connectivity index (χ0n) is 12.0. The van der Waals surface area contributed by atoms with Crippen molar-refractivity contribution in [2.75, 3.05) is 11.9 Å². The molecule has 110 valence electrons. The molecule has 1 aliphatic heterocycles. The number of aryl methyl sites for hydroxylation is 1. The molecule has 0 spiro atoms. The predicted molar refractivity (Wildman–Crippen MR) is 82.6 cm³/mol. The molecular formula is C15H20Cl2N2O. The average Bonchev–Trinajstić information content (AvgIpc) is 2.37. The Morgan fingerprint density at radius 1 is 1.40 bits per heavy atom. The molecule has 1 aromatic heterocycles. The summed E-state index contributed by atoms with van der Waals surface area (Å²) in [6.07, 6.45) is 2.71. The molecule has 1 N–H and O–H groups in total. The van der Waals surface area contributed by atoms with Crippen LogP contribution < -0.4 is 5.32 Å². The summed E-state index contributed by atoms with van der Waals surface area (Å²) in [6, 6.07) is 2.21. The van der Waals surface area contributed by atoms with Crippen molar-refractivity contribution in [1.82, 2.24) is 4.98 Å². The van der Waals surface area contributed by atoms with E-state index in [9.17, 15) is 0 Å². The lowest BCUT2D eigenvalue weighted by Gasteiger charge is -2.60. The van der Waals surface area contributed by atoms with E-state index in [4.69, 9.17) is 27.9 Å². The Kier molecular flexibility index (Phi) is 3.64. The number of aromatic nitrogens is 1. The number of anilines is 1. The van der Waals surface area contributed by atoms with Crippen LogP contribution in [0.25, 0.3) is 0 Å². The van der Waals surface area contributed by atoms with E-state index in [2.05, 4.69) is 24.1 Å². The minimum atomic E-state index is 0.112. The Morgan fingerprint density at radius 2 is 2.15 bits per heavy atom. The van der Waals surface area contributed by atoms with Gasteiger partial charge in [0.25, 0.3) is 0 Å². The number of pyridine rings is 1. The van der Waals surface area contributed by atoms with Crippen LogP contribution in [0, 0.1) is 18.3 Å². The first-order chi connectivity index (χ1) is 9.41. The van der Waals surface area contributed by atoms with Gasteiger partial charge in [-0.25, -0.2) is 4.98 Å². The van der Waals surface area contributed by atoms with Gasteiger partial charge in [-0.1, -0.05) is 37.0 Å². The summed E-state index contributed by atoms with van der Waals surface area (Å²) >= 11 is 12.2. The van der Waals surface area contributed by atoms with Gasteiger partial charge in [0.2, 0.25) is 0 Å². The molecule has 3 atom stereocenters. The van der Waals surface area contributed by atoms with E-state index in [1.165, 1.54) is 6.42 Å². The van der Waals surface area contributed by atoms with Gasteiger partial charge in [-0.15, -0.1) is 0 Å². The fourth-order valence-electron chi connectivity index (χ4n) is 3.74. The lowest BCUT2D eigenvalue weighted by molar-refractivity contribution is -0.177. The third kappa shape index (κ3) is 2.20. The number of hydrogen-bond donors (Lipinski definition) is 1. The van der Waals surface area contributed by atoms with Crippen LogP contribution in [0.15, 0.2) is 6.07 Å². The maximum absolute atomic E-state index is 6.24. The molecule has 1 saturated heterocycles. The summed E-state index contributed by atoms with van der Waals surface area (Å²) in [7, 11) is 0. The number of ether oxygens (including phenoxy) is 1. The second-order valence-electron chi connectivity index (χ2n) is 6.47. The molecule has 2 aliphatic rings. The zero-order chi connectivity index (χ0) is 14.5. The Morgan fingerprint density at radius 3 is 2.85 bits per heavy atom. The van der Waals surface area contributed by atoms with E-state index in [0.717, 1.165) is 24.3 Å². The van der Waals surface area contributed by atoms with E-state index in [0.29, 0.717) is 28.4 Å². The van der Waals surface area contributed by atoms with Crippen LogP contribution in [0.4, 0.5) is 5.69 Å². The van der Waals surface area contributed by atoms with Crippen molar-refractivity contribution in [3.05, 3.63) is 21.9 Å². The molecule has 0 radical (unpaired) electrons. The van der Waals surface area contributed by atoms with Gasteiger partial charge < -0.3 is 10.1 Å². The highest BCUT2D eigenvalue weighted by Crippen LogP contribution is 2.52. The van der Waals surface area contributed by atoms with Crippen molar-refractivity contribution >= 4 is 28.9 Å². The molecule has 2 fully saturated rings. The first kappa shape index (κ1) is 14.4. The van der Waals surface area contributed by atoms with E-state index in [1.807, 2.05) is 13.0 Å². The molecule has 20 heavy (non-hydrogen) atoms. The van der Waals surface area contributed by atoms with Crippen LogP contribution in [0.2, 0.25) is 10.3 Å². The van der Waals surface area contributed by atoms with E-state index in [1.54, 1.807) is 0 Å². The van der Waals surface area contributed by atoms with Gasteiger partial charge in [0.05, 0.1) is 11.8 Å². The fraction of sp³-hybridized carbons (Fsp3) is 0.667. The van der Waals surface area contributed by atoms with Crippen LogP contribution in [-0.2, 0) is 4.74 Å². The van der Waals surface area contributed by atoms with Crippen LogP contribution in [-0.4, -0.2) is 23.7 Å². The molecule has 3 nitrogen and oxygen atoms in total. The normalized spacial score (nSPS) is 31.4. The number of nitrogens with zero attached hydrogens (tertiary/aromatic N) is 1. The average molecular weight is 315 g/mol. The largest absolute Gasteiger partial charge is 0.379 e. The van der Waals surface area contributed by atoms with Gasteiger partial charge in [0.15, 0.2) is 5.15 Å².